The van der Waals surface area contributed by atoms with Crippen molar-refractivity contribution >= 4 is 11.8 Å². The van der Waals surface area contributed by atoms with Crippen molar-refractivity contribution < 1.29 is 0 Å². The van der Waals surface area contributed by atoms with Gasteiger partial charge in [-0.15, -0.1) is 0 Å². The third kappa shape index (κ3) is 3.25. The van der Waals surface area contributed by atoms with Crippen molar-refractivity contribution in [2.45, 2.75) is 31.6 Å². The molecule has 0 bridgehead atoms. The van der Waals surface area contributed by atoms with Crippen LogP contribution < -0.4 is 5.32 Å². The molecule has 82 valence electrons. The maximum absolute atomic E-state index is 3.54. The van der Waals surface area contributed by atoms with Crippen LogP contribution in [0.15, 0.2) is 24.3 Å². The van der Waals surface area contributed by atoms with Crippen molar-refractivity contribution in [3.05, 3.63) is 35.4 Å². The van der Waals surface area contributed by atoms with E-state index in [0.29, 0.717) is 0 Å². The van der Waals surface area contributed by atoms with Crippen LogP contribution in [0.4, 0.5) is 0 Å². The van der Waals surface area contributed by atoms with Gasteiger partial charge in [0.25, 0.3) is 0 Å². The Balaban J connectivity index is 1.75. The predicted octanol–water partition coefficient (Wildman–Crippen LogP) is 2.98. The van der Waals surface area contributed by atoms with Crippen molar-refractivity contribution in [3.63, 3.8) is 0 Å². The summed E-state index contributed by atoms with van der Waals surface area (Å²) in [5.41, 5.74) is 2.91. The van der Waals surface area contributed by atoms with Crippen molar-refractivity contribution in [1.82, 2.24) is 5.32 Å². The molecule has 0 aliphatic carbocycles. The summed E-state index contributed by atoms with van der Waals surface area (Å²) in [5.74, 6) is 2.42. The molecule has 15 heavy (non-hydrogen) atoms. The molecule has 1 saturated heterocycles. The van der Waals surface area contributed by atoms with E-state index in [9.17, 15) is 0 Å². The first kappa shape index (κ1) is 11.0. The van der Waals surface area contributed by atoms with Crippen LogP contribution in [0.3, 0.4) is 0 Å². The summed E-state index contributed by atoms with van der Waals surface area (Å²) in [4.78, 5) is 0. The zero-order chi connectivity index (χ0) is 10.5. The lowest BCUT2D eigenvalue weighted by atomic mass is 10.1. The van der Waals surface area contributed by atoms with Crippen molar-refractivity contribution in [3.8, 4) is 0 Å². The second-order valence-corrected chi connectivity index (χ2v) is 5.27. The molecule has 0 aromatic heterocycles. The number of hydrogen-bond donors (Lipinski definition) is 1. The van der Waals surface area contributed by atoms with Gasteiger partial charge in [0.05, 0.1) is 0 Å². The number of benzene rings is 1. The Hall–Kier alpha value is -0.470. The van der Waals surface area contributed by atoms with Crippen LogP contribution in [-0.4, -0.2) is 18.3 Å². The quantitative estimate of drug-likeness (QED) is 0.839. The standard InChI is InChI=1S/C13H19NS/c1-11-5-2-3-6-12(11)9-15-10-13-7-4-8-14-13/h2-3,5-6,13-14H,4,7-10H2,1H3/t13-/m1/s1. The largest absolute Gasteiger partial charge is 0.313 e. The molecule has 1 heterocycles. The molecule has 1 N–H and O–H groups in total. The van der Waals surface area contributed by atoms with Gasteiger partial charge in [0, 0.05) is 17.5 Å². The molecule has 2 heteroatoms. The molecule has 1 aromatic rings. The third-order valence-corrected chi connectivity index (χ3v) is 4.15. The molecule has 0 unspecified atom stereocenters. The predicted molar refractivity (Wildman–Crippen MR) is 68.4 cm³/mol. The Bertz CT molecular complexity index is 305. The van der Waals surface area contributed by atoms with Gasteiger partial charge in [-0.25, -0.2) is 0 Å². The van der Waals surface area contributed by atoms with Crippen LogP contribution in [0.2, 0.25) is 0 Å². The van der Waals surface area contributed by atoms with Gasteiger partial charge in [0.2, 0.25) is 0 Å². The van der Waals surface area contributed by atoms with Crippen LogP contribution in [0.5, 0.6) is 0 Å². The smallest absolute Gasteiger partial charge is 0.0187 e. The van der Waals surface area contributed by atoms with Crippen molar-refractivity contribution in [2.24, 2.45) is 0 Å². The Labute approximate surface area is 96.7 Å². The highest BCUT2D eigenvalue weighted by Crippen LogP contribution is 2.18. The summed E-state index contributed by atoms with van der Waals surface area (Å²) in [6.07, 6.45) is 2.72. The summed E-state index contributed by atoms with van der Waals surface area (Å²) in [5, 5.41) is 3.54. The highest BCUT2D eigenvalue weighted by atomic mass is 32.2. The van der Waals surface area contributed by atoms with Crippen molar-refractivity contribution in [1.29, 1.82) is 0 Å². The normalized spacial score (nSPS) is 20.7. The molecule has 0 saturated carbocycles. The maximum atomic E-state index is 3.54. The molecule has 2 rings (SSSR count). The van der Waals surface area contributed by atoms with E-state index in [1.165, 1.54) is 36.3 Å². The summed E-state index contributed by atoms with van der Waals surface area (Å²) in [6.45, 7) is 3.42. The number of hydrogen-bond acceptors (Lipinski definition) is 2. The summed E-state index contributed by atoms with van der Waals surface area (Å²) in [6, 6.07) is 9.45. The minimum Gasteiger partial charge on any atom is -0.313 e. The Morgan fingerprint density at radius 2 is 2.27 bits per heavy atom. The molecular formula is C13H19NS. The van der Waals surface area contributed by atoms with Crippen molar-refractivity contribution in [2.75, 3.05) is 12.3 Å². The first-order chi connectivity index (χ1) is 7.36. The molecule has 1 aromatic carbocycles. The third-order valence-electron chi connectivity index (χ3n) is 3.00. The zero-order valence-corrected chi connectivity index (χ0v) is 10.1. The lowest BCUT2D eigenvalue weighted by Gasteiger charge is -2.10. The fourth-order valence-corrected chi connectivity index (χ4v) is 3.21. The van der Waals surface area contributed by atoms with Gasteiger partial charge in [-0.3, -0.25) is 0 Å². The Morgan fingerprint density at radius 3 is 3.00 bits per heavy atom. The molecule has 1 aliphatic heterocycles. The molecule has 1 nitrogen and oxygen atoms in total. The maximum Gasteiger partial charge on any atom is 0.0187 e. The van der Waals surface area contributed by atoms with E-state index in [1.807, 2.05) is 0 Å². The molecular weight excluding hydrogens is 202 g/mol. The van der Waals surface area contributed by atoms with Crippen LogP contribution in [0, 0.1) is 6.92 Å². The molecule has 1 atom stereocenters. The second kappa shape index (κ2) is 5.57. The lowest BCUT2D eigenvalue weighted by Crippen LogP contribution is -2.23. The molecule has 0 radical (unpaired) electrons. The highest BCUT2D eigenvalue weighted by molar-refractivity contribution is 7.98. The van der Waals surface area contributed by atoms with Crippen LogP contribution in [0.25, 0.3) is 0 Å². The second-order valence-electron chi connectivity index (χ2n) is 4.23. The van der Waals surface area contributed by atoms with Crippen LogP contribution in [-0.2, 0) is 5.75 Å². The van der Waals surface area contributed by atoms with Gasteiger partial charge in [-0.1, -0.05) is 24.3 Å². The highest BCUT2D eigenvalue weighted by Gasteiger charge is 2.13. The van der Waals surface area contributed by atoms with Crippen LogP contribution in [0.1, 0.15) is 24.0 Å². The number of aryl methyl sites for hydroxylation is 1. The van der Waals surface area contributed by atoms with E-state index in [1.54, 1.807) is 0 Å². The average Bonchev–Trinajstić information content (AvgIpc) is 2.74. The number of rotatable bonds is 4. The lowest BCUT2D eigenvalue weighted by molar-refractivity contribution is 0.674. The zero-order valence-electron chi connectivity index (χ0n) is 9.33. The first-order valence-corrected chi connectivity index (χ1v) is 6.87. The van der Waals surface area contributed by atoms with E-state index in [0.717, 1.165) is 11.8 Å². The van der Waals surface area contributed by atoms with Gasteiger partial charge in [0.15, 0.2) is 0 Å². The van der Waals surface area contributed by atoms with Crippen LogP contribution >= 0.6 is 11.8 Å². The summed E-state index contributed by atoms with van der Waals surface area (Å²) in [7, 11) is 0. The van der Waals surface area contributed by atoms with E-state index < -0.39 is 0 Å². The Morgan fingerprint density at radius 1 is 1.40 bits per heavy atom. The van der Waals surface area contributed by atoms with Gasteiger partial charge in [-0.05, 0) is 37.4 Å². The molecule has 1 fully saturated rings. The molecule has 1 aliphatic rings. The summed E-state index contributed by atoms with van der Waals surface area (Å²) < 4.78 is 0. The van der Waals surface area contributed by atoms with E-state index in [4.69, 9.17) is 0 Å². The van der Waals surface area contributed by atoms with Gasteiger partial charge >= 0.3 is 0 Å². The molecule has 0 spiro atoms. The van der Waals surface area contributed by atoms with E-state index >= 15 is 0 Å². The number of nitrogens with one attached hydrogen (secondary N) is 1. The van der Waals surface area contributed by atoms with Gasteiger partial charge in [0.1, 0.15) is 0 Å². The minimum absolute atomic E-state index is 0.763. The fraction of sp³-hybridized carbons (Fsp3) is 0.538. The van der Waals surface area contributed by atoms with Gasteiger partial charge < -0.3 is 5.32 Å². The first-order valence-electron chi connectivity index (χ1n) is 5.72. The average molecular weight is 221 g/mol. The Kier molecular flexibility index (Phi) is 4.09. The molecule has 0 amide bonds. The fourth-order valence-electron chi connectivity index (χ4n) is 1.98. The SMILES string of the molecule is Cc1ccccc1CSC[C@H]1CCCN1. The monoisotopic (exact) mass is 221 g/mol. The topological polar surface area (TPSA) is 12.0 Å². The number of thioether (sulfide) groups is 1. The van der Waals surface area contributed by atoms with E-state index in [2.05, 4.69) is 48.3 Å². The van der Waals surface area contributed by atoms with Gasteiger partial charge in [-0.2, -0.15) is 11.8 Å². The van der Waals surface area contributed by atoms with E-state index in [-0.39, 0.29) is 0 Å². The minimum atomic E-state index is 0.763. The summed E-state index contributed by atoms with van der Waals surface area (Å²) >= 11 is 2.06.